The van der Waals surface area contributed by atoms with Crippen LogP contribution in [0.3, 0.4) is 0 Å². The second kappa shape index (κ2) is 4.29. The molecule has 1 saturated heterocycles. The fourth-order valence-corrected chi connectivity index (χ4v) is 2.29. The Morgan fingerprint density at radius 3 is 2.93 bits per heavy atom. The van der Waals surface area contributed by atoms with Gasteiger partial charge in [-0.2, -0.15) is 5.26 Å². The molecule has 1 N–H and O–H groups in total. The molecular formula is C11H19N3. The lowest BCUT2D eigenvalue weighted by molar-refractivity contribution is 0.313. The third-order valence-corrected chi connectivity index (χ3v) is 3.20. The van der Waals surface area contributed by atoms with Crippen LogP contribution in [0.2, 0.25) is 0 Å². The van der Waals surface area contributed by atoms with Crippen LogP contribution < -0.4 is 5.32 Å². The molecule has 1 saturated carbocycles. The van der Waals surface area contributed by atoms with E-state index < -0.39 is 0 Å². The fraction of sp³-hybridized carbons (Fsp3) is 0.909. The summed E-state index contributed by atoms with van der Waals surface area (Å²) in [6.07, 6.45) is 4.69. The quantitative estimate of drug-likeness (QED) is 0.727. The van der Waals surface area contributed by atoms with Gasteiger partial charge < -0.3 is 5.32 Å². The lowest BCUT2D eigenvalue weighted by Gasteiger charge is -2.18. The highest BCUT2D eigenvalue weighted by Crippen LogP contribution is 2.29. The molecular weight excluding hydrogens is 174 g/mol. The number of nitrogens with one attached hydrogen (secondary N) is 1. The predicted octanol–water partition coefficient (Wildman–Crippen LogP) is 1.11. The zero-order chi connectivity index (χ0) is 9.97. The molecule has 2 atom stereocenters. The van der Waals surface area contributed by atoms with E-state index in [1.807, 2.05) is 0 Å². The molecule has 2 rings (SSSR count). The second-order valence-electron chi connectivity index (χ2n) is 4.64. The van der Waals surface area contributed by atoms with E-state index in [1.54, 1.807) is 0 Å². The molecule has 0 bridgehead atoms. The molecule has 1 aliphatic carbocycles. The second-order valence-corrected chi connectivity index (χ2v) is 4.64. The van der Waals surface area contributed by atoms with Gasteiger partial charge in [0.05, 0.1) is 12.5 Å². The van der Waals surface area contributed by atoms with E-state index in [0.717, 1.165) is 6.04 Å². The normalized spacial score (nSPS) is 30.1. The molecule has 0 aromatic carbocycles. The van der Waals surface area contributed by atoms with E-state index in [2.05, 4.69) is 23.2 Å². The van der Waals surface area contributed by atoms with Crippen molar-refractivity contribution in [2.75, 3.05) is 13.1 Å². The summed E-state index contributed by atoms with van der Waals surface area (Å²) < 4.78 is 0. The standard InChI is InChI=1S/C11H19N3/c1-9(4-6-12)13-10-5-7-14(8-10)11-2-3-11/h9-11,13H,2-5,7-8H2,1H3. The minimum atomic E-state index is 0.351. The summed E-state index contributed by atoms with van der Waals surface area (Å²) in [5, 5.41) is 12.1. The van der Waals surface area contributed by atoms with Crippen LogP contribution >= 0.6 is 0 Å². The van der Waals surface area contributed by atoms with E-state index in [9.17, 15) is 0 Å². The van der Waals surface area contributed by atoms with E-state index in [4.69, 9.17) is 5.26 Å². The summed E-state index contributed by atoms with van der Waals surface area (Å²) in [6, 6.07) is 4.08. The number of nitrogens with zero attached hydrogens (tertiary/aromatic N) is 2. The Morgan fingerprint density at radius 2 is 2.29 bits per heavy atom. The van der Waals surface area contributed by atoms with Crippen molar-refractivity contribution in [3.8, 4) is 6.07 Å². The monoisotopic (exact) mass is 193 g/mol. The van der Waals surface area contributed by atoms with Crippen LogP contribution in [-0.4, -0.2) is 36.1 Å². The van der Waals surface area contributed by atoms with Crippen molar-refractivity contribution in [2.24, 2.45) is 0 Å². The molecule has 2 aliphatic rings. The number of hydrogen-bond acceptors (Lipinski definition) is 3. The highest BCUT2D eigenvalue weighted by Gasteiger charge is 2.34. The molecule has 78 valence electrons. The highest BCUT2D eigenvalue weighted by molar-refractivity contribution is 4.93. The summed E-state index contributed by atoms with van der Waals surface area (Å²) in [7, 11) is 0. The van der Waals surface area contributed by atoms with Gasteiger partial charge in [0.15, 0.2) is 0 Å². The van der Waals surface area contributed by atoms with E-state index in [0.29, 0.717) is 18.5 Å². The summed E-state index contributed by atoms with van der Waals surface area (Å²) in [5.74, 6) is 0. The van der Waals surface area contributed by atoms with Crippen molar-refractivity contribution in [1.82, 2.24) is 10.2 Å². The Morgan fingerprint density at radius 1 is 1.50 bits per heavy atom. The first kappa shape index (κ1) is 9.95. The van der Waals surface area contributed by atoms with E-state index in [-0.39, 0.29) is 0 Å². The van der Waals surface area contributed by atoms with E-state index in [1.165, 1.54) is 32.4 Å². The van der Waals surface area contributed by atoms with Gasteiger partial charge in [-0.3, -0.25) is 4.90 Å². The minimum Gasteiger partial charge on any atom is -0.309 e. The maximum atomic E-state index is 8.56. The molecule has 14 heavy (non-hydrogen) atoms. The molecule has 1 aliphatic heterocycles. The van der Waals surface area contributed by atoms with Gasteiger partial charge in [0.1, 0.15) is 0 Å². The minimum absolute atomic E-state index is 0.351. The summed E-state index contributed by atoms with van der Waals surface area (Å²) in [6.45, 7) is 4.55. The van der Waals surface area contributed by atoms with Crippen LogP contribution in [0.15, 0.2) is 0 Å². The molecule has 3 heteroatoms. The van der Waals surface area contributed by atoms with Gasteiger partial charge >= 0.3 is 0 Å². The predicted molar refractivity (Wildman–Crippen MR) is 55.8 cm³/mol. The van der Waals surface area contributed by atoms with Crippen molar-refractivity contribution in [2.45, 2.75) is 50.7 Å². The fourth-order valence-electron chi connectivity index (χ4n) is 2.29. The highest BCUT2D eigenvalue weighted by atomic mass is 15.2. The van der Waals surface area contributed by atoms with Gasteiger partial charge in [-0.15, -0.1) is 0 Å². The van der Waals surface area contributed by atoms with Gasteiger partial charge in [0, 0.05) is 31.2 Å². The van der Waals surface area contributed by atoms with Crippen LogP contribution in [0.25, 0.3) is 0 Å². The largest absolute Gasteiger partial charge is 0.309 e. The SMILES string of the molecule is CC(CC#N)NC1CCN(C2CC2)C1. The maximum Gasteiger partial charge on any atom is 0.0638 e. The smallest absolute Gasteiger partial charge is 0.0638 e. The average molecular weight is 193 g/mol. The molecule has 0 radical (unpaired) electrons. The molecule has 0 amide bonds. The maximum absolute atomic E-state index is 8.56. The first-order chi connectivity index (χ1) is 6.79. The van der Waals surface area contributed by atoms with Crippen LogP contribution in [0, 0.1) is 11.3 Å². The molecule has 0 spiro atoms. The summed E-state index contributed by atoms with van der Waals surface area (Å²) >= 11 is 0. The molecule has 1 heterocycles. The first-order valence-corrected chi connectivity index (χ1v) is 5.66. The van der Waals surface area contributed by atoms with Crippen molar-refractivity contribution >= 4 is 0 Å². The Bertz CT molecular complexity index is 229. The number of hydrogen-bond donors (Lipinski definition) is 1. The lowest BCUT2D eigenvalue weighted by Crippen LogP contribution is -2.38. The van der Waals surface area contributed by atoms with Crippen molar-refractivity contribution < 1.29 is 0 Å². The van der Waals surface area contributed by atoms with Gasteiger partial charge in [-0.25, -0.2) is 0 Å². The molecule has 3 nitrogen and oxygen atoms in total. The van der Waals surface area contributed by atoms with Gasteiger partial charge in [0.2, 0.25) is 0 Å². The Balaban J connectivity index is 1.70. The third kappa shape index (κ3) is 2.46. The first-order valence-electron chi connectivity index (χ1n) is 5.66. The summed E-state index contributed by atoms with van der Waals surface area (Å²) in [4.78, 5) is 2.59. The zero-order valence-corrected chi connectivity index (χ0v) is 8.87. The van der Waals surface area contributed by atoms with Crippen LogP contribution in [0.5, 0.6) is 0 Å². The molecule has 2 unspecified atom stereocenters. The third-order valence-electron chi connectivity index (χ3n) is 3.20. The Kier molecular flexibility index (Phi) is 3.05. The summed E-state index contributed by atoms with van der Waals surface area (Å²) in [5.41, 5.74) is 0. The Labute approximate surface area is 86.1 Å². The number of likely N-dealkylation sites (tertiary alicyclic amines) is 1. The van der Waals surface area contributed by atoms with Gasteiger partial charge in [0.25, 0.3) is 0 Å². The van der Waals surface area contributed by atoms with E-state index >= 15 is 0 Å². The Hall–Kier alpha value is -0.590. The average Bonchev–Trinajstić information content (AvgIpc) is 2.89. The van der Waals surface area contributed by atoms with Crippen LogP contribution in [-0.2, 0) is 0 Å². The van der Waals surface area contributed by atoms with Gasteiger partial charge in [-0.1, -0.05) is 0 Å². The van der Waals surface area contributed by atoms with Crippen molar-refractivity contribution in [3.63, 3.8) is 0 Å². The number of rotatable bonds is 4. The molecule has 2 fully saturated rings. The van der Waals surface area contributed by atoms with Crippen molar-refractivity contribution in [3.05, 3.63) is 0 Å². The lowest BCUT2D eigenvalue weighted by atomic mass is 10.2. The van der Waals surface area contributed by atoms with Crippen LogP contribution in [0.4, 0.5) is 0 Å². The molecule has 0 aromatic rings. The van der Waals surface area contributed by atoms with Crippen molar-refractivity contribution in [1.29, 1.82) is 5.26 Å². The van der Waals surface area contributed by atoms with Gasteiger partial charge in [-0.05, 0) is 26.2 Å². The number of nitriles is 1. The molecule has 0 aromatic heterocycles. The zero-order valence-electron chi connectivity index (χ0n) is 8.87. The topological polar surface area (TPSA) is 39.1 Å². The van der Waals surface area contributed by atoms with Crippen LogP contribution in [0.1, 0.15) is 32.6 Å².